The van der Waals surface area contributed by atoms with Gasteiger partial charge in [0.1, 0.15) is 5.76 Å². The smallest absolute Gasteiger partial charge is 0.170 e. The Kier molecular flexibility index (Phi) is 3.14. The maximum Gasteiger partial charge on any atom is 0.170 e. The zero-order valence-electron chi connectivity index (χ0n) is 10.4. The zero-order valence-corrected chi connectivity index (χ0v) is 10.4. The zero-order chi connectivity index (χ0) is 12.4. The van der Waals surface area contributed by atoms with Crippen LogP contribution in [-0.2, 0) is 6.42 Å². The van der Waals surface area contributed by atoms with Gasteiger partial charge in [0, 0.05) is 5.56 Å². The molecule has 0 aliphatic rings. The summed E-state index contributed by atoms with van der Waals surface area (Å²) in [6, 6.07) is 7.72. The van der Waals surface area contributed by atoms with Crippen LogP contribution >= 0.6 is 0 Å². The van der Waals surface area contributed by atoms with Crippen LogP contribution in [0.3, 0.4) is 0 Å². The first-order chi connectivity index (χ1) is 8.08. The topological polar surface area (TPSA) is 30.2 Å². The Balaban J connectivity index is 2.31. The maximum atomic E-state index is 12.2. The van der Waals surface area contributed by atoms with Crippen LogP contribution in [0.15, 0.2) is 34.9 Å². The fraction of sp³-hybridized carbons (Fsp3) is 0.267. The van der Waals surface area contributed by atoms with Crippen molar-refractivity contribution in [2.75, 3.05) is 0 Å². The molecule has 0 amide bonds. The highest BCUT2D eigenvalue weighted by atomic mass is 16.3. The molecule has 1 aromatic heterocycles. The van der Waals surface area contributed by atoms with Crippen molar-refractivity contribution in [3.8, 4) is 0 Å². The predicted molar refractivity (Wildman–Crippen MR) is 67.4 cm³/mol. The number of carbonyl (C=O) groups excluding carboxylic acids is 1. The molecule has 1 aromatic carbocycles. The highest BCUT2D eigenvalue weighted by Gasteiger charge is 2.14. The number of hydrogen-bond donors (Lipinski definition) is 0. The van der Waals surface area contributed by atoms with E-state index in [0.717, 1.165) is 22.5 Å². The van der Waals surface area contributed by atoms with Gasteiger partial charge in [-0.2, -0.15) is 0 Å². The molecule has 0 saturated carbocycles. The van der Waals surface area contributed by atoms with Crippen LogP contribution in [0.4, 0.5) is 0 Å². The molecule has 0 atom stereocenters. The van der Waals surface area contributed by atoms with Gasteiger partial charge in [0.05, 0.1) is 12.7 Å². The summed E-state index contributed by atoms with van der Waals surface area (Å²) in [6.45, 7) is 6.01. The number of carbonyl (C=O) groups is 1. The molecule has 0 fully saturated rings. The first-order valence-corrected chi connectivity index (χ1v) is 5.71. The summed E-state index contributed by atoms with van der Waals surface area (Å²) in [6.07, 6.45) is 1.93. The van der Waals surface area contributed by atoms with Crippen molar-refractivity contribution in [3.05, 3.63) is 58.5 Å². The first kappa shape index (κ1) is 11.6. The number of aryl methyl sites for hydroxylation is 3. The van der Waals surface area contributed by atoms with Crippen LogP contribution in [0.5, 0.6) is 0 Å². The van der Waals surface area contributed by atoms with Crippen molar-refractivity contribution in [2.24, 2.45) is 0 Å². The van der Waals surface area contributed by atoms with Gasteiger partial charge >= 0.3 is 0 Å². The van der Waals surface area contributed by atoms with Gasteiger partial charge in [0.25, 0.3) is 0 Å². The number of hydrogen-bond acceptors (Lipinski definition) is 2. The predicted octanol–water partition coefficient (Wildman–Crippen LogP) is 3.63. The highest BCUT2D eigenvalue weighted by Crippen LogP contribution is 2.18. The van der Waals surface area contributed by atoms with Crippen LogP contribution in [0, 0.1) is 20.8 Å². The molecule has 2 heteroatoms. The molecule has 0 spiro atoms. The molecule has 0 radical (unpaired) electrons. The molecule has 0 unspecified atom stereocenters. The lowest BCUT2D eigenvalue weighted by molar-refractivity contribution is 0.0986. The fourth-order valence-electron chi connectivity index (χ4n) is 2.28. The number of rotatable bonds is 3. The third-order valence-electron chi connectivity index (χ3n) is 2.87. The van der Waals surface area contributed by atoms with E-state index >= 15 is 0 Å². The summed E-state index contributed by atoms with van der Waals surface area (Å²) < 4.78 is 5.21. The van der Waals surface area contributed by atoms with E-state index in [9.17, 15) is 4.79 Å². The second-order valence-corrected chi connectivity index (χ2v) is 4.45. The van der Waals surface area contributed by atoms with Crippen LogP contribution in [0.1, 0.15) is 32.8 Å². The molecule has 0 N–H and O–H groups in total. The normalized spacial score (nSPS) is 10.5. The molecule has 0 saturated heterocycles. The van der Waals surface area contributed by atoms with E-state index in [4.69, 9.17) is 4.42 Å². The molecular weight excluding hydrogens is 212 g/mol. The number of furan rings is 1. The van der Waals surface area contributed by atoms with E-state index < -0.39 is 0 Å². The second kappa shape index (κ2) is 4.58. The third kappa shape index (κ3) is 2.47. The van der Waals surface area contributed by atoms with Crippen molar-refractivity contribution in [3.63, 3.8) is 0 Å². The minimum atomic E-state index is 0.120. The van der Waals surface area contributed by atoms with Crippen molar-refractivity contribution in [1.82, 2.24) is 0 Å². The summed E-state index contributed by atoms with van der Waals surface area (Å²) in [5, 5.41) is 0. The Morgan fingerprint density at radius 1 is 1.18 bits per heavy atom. The number of benzene rings is 1. The summed E-state index contributed by atoms with van der Waals surface area (Å²) >= 11 is 0. The Morgan fingerprint density at radius 3 is 2.35 bits per heavy atom. The maximum absolute atomic E-state index is 12.2. The highest BCUT2D eigenvalue weighted by molar-refractivity contribution is 5.99. The fourth-order valence-corrected chi connectivity index (χ4v) is 2.28. The Morgan fingerprint density at radius 2 is 1.82 bits per heavy atom. The SMILES string of the molecule is Cc1cc(C)c(C(=O)Cc2ccco2)c(C)c1. The molecule has 17 heavy (non-hydrogen) atoms. The van der Waals surface area contributed by atoms with E-state index in [1.54, 1.807) is 12.3 Å². The second-order valence-electron chi connectivity index (χ2n) is 4.45. The minimum absolute atomic E-state index is 0.120. The first-order valence-electron chi connectivity index (χ1n) is 5.71. The summed E-state index contributed by atoms with van der Waals surface area (Å²) in [5.74, 6) is 0.837. The van der Waals surface area contributed by atoms with E-state index in [0.29, 0.717) is 6.42 Å². The molecule has 2 nitrogen and oxygen atoms in total. The van der Waals surface area contributed by atoms with Gasteiger partial charge in [0.2, 0.25) is 0 Å². The lowest BCUT2D eigenvalue weighted by atomic mass is 9.95. The van der Waals surface area contributed by atoms with E-state index in [-0.39, 0.29) is 5.78 Å². The van der Waals surface area contributed by atoms with Crippen molar-refractivity contribution < 1.29 is 9.21 Å². The van der Waals surface area contributed by atoms with Gasteiger partial charge in [-0.25, -0.2) is 0 Å². The van der Waals surface area contributed by atoms with Crippen LogP contribution in [0.25, 0.3) is 0 Å². The molecule has 0 aliphatic carbocycles. The third-order valence-corrected chi connectivity index (χ3v) is 2.87. The summed E-state index contributed by atoms with van der Waals surface area (Å²) in [7, 11) is 0. The standard InChI is InChI=1S/C15H16O2/c1-10-7-11(2)15(12(3)8-10)14(16)9-13-5-4-6-17-13/h4-8H,9H2,1-3H3. The largest absolute Gasteiger partial charge is 0.469 e. The van der Waals surface area contributed by atoms with Gasteiger partial charge in [-0.15, -0.1) is 0 Å². The summed E-state index contributed by atoms with van der Waals surface area (Å²) in [4.78, 5) is 12.2. The van der Waals surface area contributed by atoms with Crippen LogP contribution in [-0.4, -0.2) is 5.78 Å². The van der Waals surface area contributed by atoms with Crippen molar-refractivity contribution in [1.29, 1.82) is 0 Å². The van der Waals surface area contributed by atoms with Gasteiger partial charge in [-0.1, -0.05) is 17.7 Å². The van der Waals surface area contributed by atoms with Gasteiger partial charge in [-0.05, 0) is 44.0 Å². The molecule has 0 aliphatic heterocycles. The van der Waals surface area contributed by atoms with Gasteiger partial charge in [0.15, 0.2) is 5.78 Å². The monoisotopic (exact) mass is 228 g/mol. The molecular formula is C15H16O2. The quantitative estimate of drug-likeness (QED) is 0.751. The number of Topliss-reactive ketones (excluding diaryl/α,β-unsaturated/α-hetero) is 1. The van der Waals surface area contributed by atoms with Gasteiger partial charge in [-0.3, -0.25) is 4.79 Å². The average Bonchev–Trinajstić information content (AvgIpc) is 2.68. The van der Waals surface area contributed by atoms with E-state index in [1.165, 1.54) is 5.56 Å². The Bertz CT molecular complexity index is 513. The Labute approximate surface area is 101 Å². The Hall–Kier alpha value is -1.83. The van der Waals surface area contributed by atoms with E-state index in [1.807, 2.05) is 39.0 Å². The van der Waals surface area contributed by atoms with Crippen LogP contribution in [0.2, 0.25) is 0 Å². The van der Waals surface area contributed by atoms with E-state index in [2.05, 4.69) is 0 Å². The lowest BCUT2D eigenvalue weighted by Gasteiger charge is -2.09. The average molecular weight is 228 g/mol. The molecule has 0 bridgehead atoms. The molecule has 2 rings (SSSR count). The van der Waals surface area contributed by atoms with Gasteiger partial charge < -0.3 is 4.42 Å². The van der Waals surface area contributed by atoms with Crippen LogP contribution < -0.4 is 0 Å². The van der Waals surface area contributed by atoms with Crippen molar-refractivity contribution >= 4 is 5.78 Å². The molecule has 88 valence electrons. The summed E-state index contributed by atoms with van der Waals surface area (Å²) in [5.41, 5.74) is 4.10. The minimum Gasteiger partial charge on any atom is -0.469 e. The molecule has 1 heterocycles. The molecule has 2 aromatic rings. The van der Waals surface area contributed by atoms with Crippen molar-refractivity contribution in [2.45, 2.75) is 27.2 Å². The number of ketones is 1. The lowest BCUT2D eigenvalue weighted by Crippen LogP contribution is -2.07.